The SMILES string of the molecule is CCCCOc1cccc(-c2ccc([C@H]3[C@H](CC[C@H](O)c4ccc(F)cc4)C(=O)N3c3ccc(O)cc3)c(OCCCC)c2)c1. The van der Waals surface area contributed by atoms with Gasteiger partial charge < -0.3 is 24.6 Å². The number of carbonyl (C=O) groups is 1. The molecule has 1 heterocycles. The topological polar surface area (TPSA) is 79.2 Å². The number of carbonyl (C=O) groups excluding carboxylic acids is 1. The van der Waals surface area contributed by atoms with Crippen molar-refractivity contribution in [3.63, 3.8) is 0 Å². The second-order valence-corrected chi connectivity index (χ2v) is 11.6. The van der Waals surface area contributed by atoms with Crippen LogP contribution in [0.15, 0.2) is 91.0 Å². The van der Waals surface area contributed by atoms with E-state index >= 15 is 0 Å². The van der Waals surface area contributed by atoms with Crippen LogP contribution in [0.2, 0.25) is 0 Å². The predicted molar refractivity (Wildman–Crippen MR) is 175 cm³/mol. The van der Waals surface area contributed by atoms with Crippen LogP contribution in [-0.4, -0.2) is 29.3 Å². The summed E-state index contributed by atoms with van der Waals surface area (Å²) in [5, 5.41) is 20.8. The highest BCUT2D eigenvalue weighted by Gasteiger charge is 2.49. The van der Waals surface area contributed by atoms with Gasteiger partial charge in [-0.3, -0.25) is 4.79 Å². The highest BCUT2D eigenvalue weighted by atomic mass is 19.1. The second kappa shape index (κ2) is 15.1. The molecule has 0 spiro atoms. The molecule has 4 aromatic rings. The molecule has 236 valence electrons. The van der Waals surface area contributed by atoms with Crippen molar-refractivity contribution in [1.29, 1.82) is 0 Å². The number of rotatable bonds is 15. The standard InChI is InChI=1S/C38H42FNO5/c1-3-5-22-44-32-9-7-8-27(24-32)28-12-19-33(36(25-28)45-23-6-4-2)37-34(20-21-35(42)26-10-13-29(39)14-11-26)38(43)40(37)30-15-17-31(41)18-16-30/h7-19,24-25,34-35,37,41-42H,3-6,20-23H2,1-2H3/t34-,35-,37-/m0/s1. The summed E-state index contributed by atoms with van der Waals surface area (Å²) < 4.78 is 25.8. The first kappa shape index (κ1) is 32.0. The molecular formula is C38H42FNO5. The number of phenols is 1. The molecular weight excluding hydrogens is 569 g/mol. The Hall–Kier alpha value is -4.36. The van der Waals surface area contributed by atoms with Gasteiger partial charge in [0.2, 0.25) is 5.91 Å². The summed E-state index contributed by atoms with van der Waals surface area (Å²) in [5.74, 6) is 0.835. The minimum Gasteiger partial charge on any atom is -0.508 e. The van der Waals surface area contributed by atoms with Crippen LogP contribution in [0.1, 0.15) is 75.6 Å². The smallest absolute Gasteiger partial charge is 0.233 e. The summed E-state index contributed by atoms with van der Waals surface area (Å²) in [4.78, 5) is 15.5. The molecule has 1 fully saturated rings. The quantitative estimate of drug-likeness (QED) is 0.104. The van der Waals surface area contributed by atoms with Crippen molar-refractivity contribution >= 4 is 11.6 Å². The molecule has 1 saturated heterocycles. The zero-order valence-electron chi connectivity index (χ0n) is 26.0. The fourth-order valence-corrected chi connectivity index (χ4v) is 5.79. The van der Waals surface area contributed by atoms with E-state index in [4.69, 9.17) is 9.47 Å². The number of β-lactam (4-membered cyclic amide) rings is 1. The second-order valence-electron chi connectivity index (χ2n) is 11.6. The molecule has 0 saturated carbocycles. The van der Waals surface area contributed by atoms with Crippen LogP contribution in [0.3, 0.4) is 0 Å². The molecule has 6 nitrogen and oxygen atoms in total. The number of phenolic OH excluding ortho intramolecular Hbond substituents is 1. The van der Waals surface area contributed by atoms with Gasteiger partial charge in [0.15, 0.2) is 0 Å². The number of aliphatic hydroxyl groups is 1. The van der Waals surface area contributed by atoms with Crippen LogP contribution in [0.25, 0.3) is 11.1 Å². The number of benzene rings is 4. The van der Waals surface area contributed by atoms with E-state index in [0.717, 1.165) is 48.1 Å². The first-order valence-corrected chi connectivity index (χ1v) is 15.9. The lowest BCUT2D eigenvalue weighted by molar-refractivity contribution is -0.131. The van der Waals surface area contributed by atoms with Gasteiger partial charge in [-0.1, -0.05) is 63.1 Å². The van der Waals surface area contributed by atoms with Crippen LogP contribution >= 0.6 is 0 Å². The van der Waals surface area contributed by atoms with Crippen molar-refractivity contribution in [3.05, 3.63) is 108 Å². The molecule has 2 N–H and O–H groups in total. The fourth-order valence-electron chi connectivity index (χ4n) is 5.79. The predicted octanol–water partition coefficient (Wildman–Crippen LogP) is 8.77. The van der Waals surface area contributed by atoms with Crippen molar-refractivity contribution in [3.8, 4) is 28.4 Å². The third-order valence-electron chi connectivity index (χ3n) is 8.37. The highest BCUT2D eigenvalue weighted by Crippen LogP contribution is 2.49. The van der Waals surface area contributed by atoms with E-state index in [0.29, 0.717) is 43.1 Å². The van der Waals surface area contributed by atoms with Gasteiger partial charge in [0, 0.05) is 11.3 Å². The average Bonchev–Trinajstić information content (AvgIpc) is 3.05. The summed E-state index contributed by atoms with van der Waals surface area (Å²) in [6.07, 6.45) is 3.89. The Morgan fingerprint density at radius 2 is 1.53 bits per heavy atom. The molecule has 7 heteroatoms. The molecule has 4 aromatic carbocycles. The van der Waals surface area contributed by atoms with Crippen molar-refractivity contribution in [2.24, 2.45) is 5.92 Å². The Morgan fingerprint density at radius 1 is 0.844 bits per heavy atom. The number of aromatic hydroxyl groups is 1. The van der Waals surface area contributed by atoms with E-state index in [9.17, 15) is 19.4 Å². The maximum Gasteiger partial charge on any atom is 0.233 e. The maximum absolute atomic E-state index is 13.7. The van der Waals surface area contributed by atoms with E-state index in [1.807, 2.05) is 36.4 Å². The minimum atomic E-state index is -0.823. The van der Waals surface area contributed by atoms with Crippen LogP contribution < -0.4 is 14.4 Å². The molecule has 1 aliphatic heterocycles. The lowest BCUT2D eigenvalue weighted by Crippen LogP contribution is -2.55. The Balaban J connectivity index is 1.47. The van der Waals surface area contributed by atoms with Gasteiger partial charge in [-0.15, -0.1) is 0 Å². The minimum absolute atomic E-state index is 0.0579. The average molecular weight is 612 g/mol. The van der Waals surface area contributed by atoms with Gasteiger partial charge in [0.05, 0.1) is 31.3 Å². The van der Waals surface area contributed by atoms with Gasteiger partial charge >= 0.3 is 0 Å². The van der Waals surface area contributed by atoms with Gasteiger partial charge in [0.1, 0.15) is 23.1 Å². The lowest BCUT2D eigenvalue weighted by atomic mass is 9.77. The number of ether oxygens (including phenoxy) is 2. The van der Waals surface area contributed by atoms with Crippen LogP contribution in [0.5, 0.6) is 17.2 Å². The Kier molecular flexibility index (Phi) is 10.7. The van der Waals surface area contributed by atoms with Gasteiger partial charge in [-0.05, 0) is 97.0 Å². The van der Waals surface area contributed by atoms with Crippen LogP contribution in [-0.2, 0) is 4.79 Å². The number of anilines is 1. The van der Waals surface area contributed by atoms with Crippen LogP contribution in [0, 0.1) is 11.7 Å². The molecule has 0 bridgehead atoms. The number of halogens is 1. The molecule has 0 aliphatic carbocycles. The molecule has 0 aromatic heterocycles. The third kappa shape index (κ3) is 7.66. The Labute approximate surface area is 265 Å². The van der Waals surface area contributed by atoms with E-state index in [-0.39, 0.29) is 23.5 Å². The van der Waals surface area contributed by atoms with Crippen molar-refractivity contribution in [2.45, 2.75) is 64.5 Å². The van der Waals surface area contributed by atoms with Crippen molar-refractivity contribution in [1.82, 2.24) is 0 Å². The third-order valence-corrected chi connectivity index (χ3v) is 8.37. The van der Waals surface area contributed by atoms with Crippen molar-refractivity contribution in [2.75, 3.05) is 18.1 Å². The molecule has 1 aliphatic rings. The molecule has 45 heavy (non-hydrogen) atoms. The largest absolute Gasteiger partial charge is 0.508 e. The van der Waals surface area contributed by atoms with Crippen molar-refractivity contribution < 1.29 is 28.9 Å². The van der Waals surface area contributed by atoms with Gasteiger partial charge in [-0.25, -0.2) is 4.39 Å². The summed E-state index contributed by atoms with van der Waals surface area (Å²) in [6.45, 7) is 5.47. The molecule has 0 radical (unpaired) electrons. The molecule has 1 amide bonds. The fraction of sp³-hybridized carbons (Fsp3) is 0.342. The normalized spacial score (nSPS) is 16.7. The first-order chi connectivity index (χ1) is 21.9. The van der Waals surface area contributed by atoms with E-state index in [1.54, 1.807) is 41.3 Å². The summed E-state index contributed by atoms with van der Waals surface area (Å²) in [6, 6.07) is 26.3. The number of unbranched alkanes of at least 4 members (excludes halogenated alkanes) is 2. The zero-order valence-corrected chi connectivity index (χ0v) is 26.0. The summed E-state index contributed by atoms with van der Waals surface area (Å²) >= 11 is 0. The van der Waals surface area contributed by atoms with Gasteiger partial charge in [-0.2, -0.15) is 0 Å². The Bertz CT molecular complexity index is 1560. The Morgan fingerprint density at radius 3 is 2.24 bits per heavy atom. The number of hydrogen-bond acceptors (Lipinski definition) is 5. The summed E-state index contributed by atoms with van der Waals surface area (Å²) in [5.41, 5.74) is 4.17. The number of hydrogen-bond donors (Lipinski definition) is 2. The first-order valence-electron chi connectivity index (χ1n) is 15.9. The summed E-state index contributed by atoms with van der Waals surface area (Å²) in [7, 11) is 0. The van der Waals surface area contributed by atoms with Gasteiger partial charge in [0.25, 0.3) is 0 Å². The zero-order chi connectivity index (χ0) is 31.8. The van der Waals surface area contributed by atoms with E-state index in [2.05, 4.69) is 19.9 Å². The molecule has 0 unspecified atom stereocenters. The highest BCUT2D eigenvalue weighted by molar-refractivity contribution is 6.03. The molecule has 3 atom stereocenters. The number of nitrogens with zero attached hydrogens (tertiary/aromatic N) is 1. The maximum atomic E-state index is 13.7. The van der Waals surface area contributed by atoms with E-state index < -0.39 is 12.0 Å². The molecule has 5 rings (SSSR count). The number of aliphatic hydroxyl groups excluding tert-OH is 1. The van der Waals surface area contributed by atoms with Crippen LogP contribution in [0.4, 0.5) is 10.1 Å². The number of amides is 1. The van der Waals surface area contributed by atoms with E-state index in [1.165, 1.54) is 12.1 Å². The lowest BCUT2D eigenvalue weighted by Gasteiger charge is -2.48. The monoisotopic (exact) mass is 611 g/mol.